The maximum Gasteiger partial charge on any atom is 0.0485 e. The van der Waals surface area contributed by atoms with Crippen LogP contribution in [0, 0.1) is 6.92 Å². The standard InChI is InChI=1S/C15H22N2/c1-4-17-13(8-6-10-16-3)11-14-12(2)7-5-9-15(14)17/h5,7,9,11,16H,4,6,8,10H2,1-3H3. The molecule has 0 aliphatic carbocycles. The molecule has 0 radical (unpaired) electrons. The van der Waals surface area contributed by atoms with E-state index in [1.807, 2.05) is 7.05 Å². The van der Waals surface area contributed by atoms with Gasteiger partial charge in [0.15, 0.2) is 0 Å². The van der Waals surface area contributed by atoms with Crippen LogP contribution in [-0.2, 0) is 13.0 Å². The molecule has 0 amide bonds. The van der Waals surface area contributed by atoms with Gasteiger partial charge >= 0.3 is 0 Å². The molecule has 1 heterocycles. The molecule has 92 valence electrons. The van der Waals surface area contributed by atoms with Crippen LogP contribution in [0.1, 0.15) is 24.6 Å². The molecule has 17 heavy (non-hydrogen) atoms. The number of nitrogens with zero attached hydrogens (tertiary/aromatic N) is 1. The van der Waals surface area contributed by atoms with E-state index in [1.54, 1.807) is 0 Å². The smallest absolute Gasteiger partial charge is 0.0485 e. The van der Waals surface area contributed by atoms with Gasteiger partial charge in [0.25, 0.3) is 0 Å². The molecule has 1 aromatic heterocycles. The van der Waals surface area contributed by atoms with Gasteiger partial charge in [-0.3, -0.25) is 0 Å². The van der Waals surface area contributed by atoms with E-state index in [4.69, 9.17) is 0 Å². The van der Waals surface area contributed by atoms with Gasteiger partial charge in [-0.1, -0.05) is 12.1 Å². The highest BCUT2D eigenvalue weighted by Crippen LogP contribution is 2.23. The Morgan fingerprint density at radius 1 is 1.29 bits per heavy atom. The van der Waals surface area contributed by atoms with Crippen molar-refractivity contribution in [3.05, 3.63) is 35.5 Å². The van der Waals surface area contributed by atoms with E-state index in [2.05, 4.69) is 48.0 Å². The quantitative estimate of drug-likeness (QED) is 0.781. The molecule has 2 aromatic rings. The van der Waals surface area contributed by atoms with E-state index in [0.29, 0.717) is 0 Å². The van der Waals surface area contributed by atoms with Crippen LogP contribution in [0.3, 0.4) is 0 Å². The summed E-state index contributed by atoms with van der Waals surface area (Å²) in [6.07, 6.45) is 2.36. The summed E-state index contributed by atoms with van der Waals surface area (Å²) < 4.78 is 2.44. The van der Waals surface area contributed by atoms with Gasteiger partial charge in [-0.25, -0.2) is 0 Å². The molecule has 2 heteroatoms. The third-order valence-corrected chi connectivity index (χ3v) is 3.43. The van der Waals surface area contributed by atoms with E-state index >= 15 is 0 Å². The molecule has 0 spiro atoms. The predicted octanol–water partition coefficient (Wildman–Crippen LogP) is 3.12. The van der Waals surface area contributed by atoms with Crippen molar-refractivity contribution < 1.29 is 0 Å². The maximum atomic E-state index is 3.21. The van der Waals surface area contributed by atoms with Crippen molar-refractivity contribution in [2.45, 2.75) is 33.2 Å². The van der Waals surface area contributed by atoms with E-state index in [-0.39, 0.29) is 0 Å². The zero-order valence-electron chi connectivity index (χ0n) is 11.1. The van der Waals surface area contributed by atoms with Crippen LogP contribution >= 0.6 is 0 Å². The Morgan fingerprint density at radius 3 is 2.82 bits per heavy atom. The molecule has 0 unspecified atom stereocenters. The number of nitrogens with one attached hydrogen (secondary N) is 1. The Labute approximate surface area is 104 Å². The maximum absolute atomic E-state index is 3.21. The van der Waals surface area contributed by atoms with Crippen molar-refractivity contribution in [1.82, 2.24) is 9.88 Å². The van der Waals surface area contributed by atoms with Gasteiger partial charge in [0.1, 0.15) is 0 Å². The number of benzene rings is 1. The number of hydrogen-bond donors (Lipinski definition) is 1. The van der Waals surface area contributed by atoms with Gasteiger partial charge in [0.2, 0.25) is 0 Å². The molecule has 1 aromatic carbocycles. The molecule has 0 fully saturated rings. The highest BCUT2D eigenvalue weighted by Gasteiger charge is 2.08. The van der Waals surface area contributed by atoms with Gasteiger partial charge in [0.05, 0.1) is 0 Å². The topological polar surface area (TPSA) is 17.0 Å². The third kappa shape index (κ3) is 2.37. The lowest BCUT2D eigenvalue weighted by molar-refractivity contribution is 0.673. The Morgan fingerprint density at radius 2 is 2.12 bits per heavy atom. The minimum Gasteiger partial charge on any atom is -0.345 e. The summed E-state index contributed by atoms with van der Waals surface area (Å²) in [5, 5.41) is 4.62. The zero-order valence-corrected chi connectivity index (χ0v) is 11.1. The number of hydrogen-bond acceptors (Lipinski definition) is 1. The van der Waals surface area contributed by atoms with E-state index < -0.39 is 0 Å². The van der Waals surface area contributed by atoms with Crippen LogP contribution in [0.25, 0.3) is 10.9 Å². The summed E-state index contributed by atoms with van der Waals surface area (Å²) >= 11 is 0. The summed E-state index contributed by atoms with van der Waals surface area (Å²) in [6, 6.07) is 8.94. The van der Waals surface area contributed by atoms with Gasteiger partial charge in [-0.2, -0.15) is 0 Å². The summed E-state index contributed by atoms with van der Waals surface area (Å²) in [5.74, 6) is 0. The fourth-order valence-electron chi connectivity index (χ4n) is 2.51. The van der Waals surface area contributed by atoms with Crippen LogP contribution in [0.15, 0.2) is 24.3 Å². The SMILES string of the molecule is CCn1c(CCCNC)cc2c(C)cccc21. The molecule has 0 atom stereocenters. The van der Waals surface area contributed by atoms with Gasteiger partial charge in [-0.15, -0.1) is 0 Å². The first-order chi connectivity index (χ1) is 8.27. The first-order valence-corrected chi connectivity index (χ1v) is 6.50. The lowest BCUT2D eigenvalue weighted by atomic mass is 10.1. The molecule has 0 bridgehead atoms. The van der Waals surface area contributed by atoms with Crippen LogP contribution in [0.4, 0.5) is 0 Å². The van der Waals surface area contributed by atoms with Crippen molar-refractivity contribution >= 4 is 10.9 Å². The summed E-state index contributed by atoms with van der Waals surface area (Å²) in [5.41, 5.74) is 4.23. The fraction of sp³-hybridized carbons (Fsp3) is 0.467. The third-order valence-electron chi connectivity index (χ3n) is 3.43. The van der Waals surface area contributed by atoms with Crippen molar-refractivity contribution in [3.63, 3.8) is 0 Å². The fourth-order valence-corrected chi connectivity index (χ4v) is 2.51. The van der Waals surface area contributed by atoms with Crippen LogP contribution in [0.2, 0.25) is 0 Å². The van der Waals surface area contributed by atoms with Gasteiger partial charge < -0.3 is 9.88 Å². The van der Waals surface area contributed by atoms with E-state index in [0.717, 1.165) is 19.5 Å². The molecule has 0 aliphatic rings. The zero-order chi connectivity index (χ0) is 12.3. The van der Waals surface area contributed by atoms with Crippen molar-refractivity contribution in [1.29, 1.82) is 0 Å². The van der Waals surface area contributed by atoms with E-state index in [9.17, 15) is 0 Å². The van der Waals surface area contributed by atoms with Crippen LogP contribution in [0.5, 0.6) is 0 Å². The molecule has 0 aliphatic heterocycles. The monoisotopic (exact) mass is 230 g/mol. The molecule has 0 saturated carbocycles. The van der Waals surface area contributed by atoms with Crippen molar-refractivity contribution in [2.75, 3.05) is 13.6 Å². The second-order valence-electron chi connectivity index (χ2n) is 4.59. The number of aromatic nitrogens is 1. The average Bonchev–Trinajstić information content (AvgIpc) is 2.69. The molecule has 2 nitrogen and oxygen atoms in total. The average molecular weight is 230 g/mol. The normalized spacial score (nSPS) is 11.2. The molecule has 0 saturated heterocycles. The number of fused-ring (bicyclic) bond motifs is 1. The summed E-state index contributed by atoms with van der Waals surface area (Å²) in [7, 11) is 2.01. The lowest BCUT2D eigenvalue weighted by Gasteiger charge is -2.07. The van der Waals surface area contributed by atoms with Crippen LogP contribution in [-0.4, -0.2) is 18.2 Å². The second kappa shape index (κ2) is 5.37. The molecule has 1 N–H and O–H groups in total. The minimum atomic E-state index is 1.06. The number of aryl methyl sites for hydroxylation is 3. The van der Waals surface area contributed by atoms with Crippen LogP contribution < -0.4 is 5.32 Å². The number of rotatable bonds is 5. The molecular weight excluding hydrogens is 208 g/mol. The molecule has 2 rings (SSSR count). The summed E-state index contributed by atoms with van der Waals surface area (Å²) in [6.45, 7) is 6.56. The Bertz CT molecular complexity index is 497. The Balaban J connectivity index is 2.38. The van der Waals surface area contributed by atoms with Gasteiger partial charge in [-0.05, 0) is 58.0 Å². The summed E-state index contributed by atoms with van der Waals surface area (Å²) in [4.78, 5) is 0. The highest BCUT2D eigenvalue weighted by atomic mass is 15.0. The van der Waals surface area contributed by atoms with E-state index in [1.165, 1.54) is 28.6 Å². The van der Waals surface area contributed by atoms with Crippen molar-refractivity contribution in [3.8, 4) is 0 Å². The minimum absolute atomic E-state index is 1.06. The largest absolute Gasteiger partial charge is 0.345 e. The predicted molar refractivity (Wildman–Crippen MR) is 74.6 cm³/mol. The van der Waals surface area contributed by atoms with Crippen molar-refractivity contribution in [2.24, 2.45) is 0 Å². The Kier molecular flexibility index (Phi) is 3.85. The second-order valence-corrected chi connectivity index (χ2v) is 4.59. The Hall–Kier alpha value is -1.28. The first-order valence-electron chi connectivity index (χ1n) is 6.50. The highest BCUT2D eigenvalue weighted by molar-refractivity contribution is 5.84. The van der Waals surface area contributed by atoms with Gasteiger partial charge in [0, 0.05) is 23.1 Å². The first kappa shape index (κ1) is 12.2. The lowest BCUT2D eigenvalue weighted by Crippen LogP contribution is -2.10. The molecular formula is C15H22N2.